The largest absolute Gasteiger partial charge is 0.469 e. The van der Waals surface area contributed by atoms with Crippen LogP contribution in [0.3, 0.4) is 0 Å². The van der Waals surface area contributed by atoms with Crippen LogP contribution in [0.1, 0.15) is 23.5 Å². The summed E-state index contributed by atoms with van der Waals surface area (Å²) in [6.45, 7) is 0. The van der Waals surface area contributed by atoms with Crippen LogP contribution in [0.5, 0.6) is 0 Å². The molecule has 0 heterocycles. The first-order chi connectivity index (χ1) is 7.61. The molecule has 1 aromatic rings. The highest BCUT2D eigenvalue weighted by molar-refractivity contribution is 6.00. The zero-order valence-electron chi connectivity index (χ0n) is 8.83. The summed E-state index contributed by atoms with van der Waals surface area (Å²) in [6, 6.07) is 4.36. The molecule has 0 aromatic heterocycles. The third-order valence-corrected chi connectivity index (χ3v) is 2.84. The molecule has 0 N–H and O–H groups in total. The maximum Gasteiger partial charge on any atom is 0.313 e. The molecule has 0 fully saturated rings. The zero-order chi connectivity index (χ0) is 11.7. The lowest BCUT2D eigenvalue weighted by Crippen LogP contribution is -2.27. The Morgan fingerprint density at radius 3 is 2.88 bits per heavy atom. The Morgan fingerprint density at radius 1 is 1.50 bits per heavy atom. The summed E-state index contributed by atoms with van der Waals surface area (Å²) >= 11 is 0. The number of methoxy groups -OCH3 is 1. The summed E-state index contributed by atoms with van der Waals surface area (Å²) in [5.41, 5.74) is 1.68. The Kier molecular flexibility index (Phi) is 2.73. The third kappa shape index (κ3) is 1.83. The van der Waals surface area contributed by atoms with Crippen molar-refractivity contribution in [1.29, 1.82) is 0 Å². The molecule has 0 aliphatic heterocycles. The van der Waals surface area contributed by atoms with Gasteiger partial charge in [-0.25, -0.2) is 4.39 Å². The highest BCUT2D eigenvalue weighted by atomic mass is 19.1. The van der Waals surface area contributed by atoms with Gasteiger partial charge in [-0.2, -0.15) is 0 Å². The number of fused-ring (bicyclic) bond motifs is 1. The van der Waals surface area contributed by atoms with E-state index in [9.17, 15) is 14.0 Å². The fraction of sp³-hybridized carbons (Fsp3) is 0.333. The fourth-order valence-electron chi connectivity index (χ4n) is 1.91. The molecule has 0 saturated carbocycles. The van der Waals surface area contributed by atoms with Gasteiger partial charge in [0.05, 0.1) is 7.11 Å². The predicted molar refractivity (Wildman–Crippen MR) is 54.5 cm³/mol. The molecule has 1 atom stereocenters. The molecule has 84 valence electrons. The van der Waals surface area contributed by atoms with Crippen LogP contribution in [-0.4, -0.2) is 18.9 Å². The van der Waals surface area contributed by atoms with Crippen LogP contribution in [-0.2, 0) is 20.7 Å². The second-order valence-corrected chi connectivity index (χ2v) is 3.82. The number of hydrogen-bond donors (Lipinski definition) is 0. The average Bonchev–Trinajstić information content (AvgIpc) is 2.21. The van der Waals surface area contributed by atoms with Gasteiger partial charge in [0.1, 0.15) is 12.2 Å². The third-order valence-electron chi connectivity index (χ3n) is 2.84. The number of carbonyl (C=O) groups excluding carboxylic acids is 2. The number of hydrogen-bond acceptors (Lipinski definition) is 3. The standard InChI is InChI=1S/C12H11FO3/c1-16-12(15)6-11(14)10-5-7-4-8(13)2-3-9(7)10/h2-4,10H,5-6H2,1H3. The lowest BCUT2D eigenvalue weighted by molar-refractivity contribution is -0.143. The molecular weight excluding hydrogens is 211 g/mol. The van der Waals surface area contributed by atoms with Gasteiger partial charge in [-0.05, 0) is 29.7 Å². The quantitative estimate of drug-likeness (QED) is 0.576. The van der Waals surface area contributed by atoms with Gasteiger partial charge in [-0.15, -0.1) is 0 Å². The number of ether oxygens (including phenoxy) is 1. The Labute approximate surface area is 92.2 Å². The van der Waals surface area contributed by atoms with E-state index in [2.05, 4.69) is 4.74 Å². The molecule has 1 unspecified atom stereocenters. The lowest BCUT2D eigenvalue weighted by atomic mass is 9.74. The SMILES string of the molecule is COC(=O)CC(=O)C1Cc2cc(F)ccc21. The molecule has 4 heteroatoms. The number of carbonyl (C=O) groups is 2. The van der Waals surface area contributed by atoms with E-state index in [1.165, 1.54) is 19.2 Å². The van der Waals surface area contributed by atoms with Crippen LogP contribution in [0.15, 0.2) is 18.2 Å². The molecule has 0 saturated heterocycles. The summed E-state index contributed by atoms with van der Waals surface area (Å²) in [6.07, 6.45) is 0.306. The Bertz CT molecular complexity index is 454. The summed E-state index contributed by atoms with van der Waals surface area (Å²) in [5, 5.41) is 0. The molecule has 2 rings (SSSR count). The zero-order valence-corrected chi connectivity index (χ0v) is 8.83. The molecule has 0 amide bonds. The van der Waals surface area contributed by atoms with Crippen molar-refractivity contribution in [3.8, 4) is 0 Å². The minimum atomic E-state index is -0.527. The van der Waals surface area contributed by atoms with Crippen molar-refractivity contribution in [2.75, 3.05) is 7.11 Å². The van der Waals surface area contributed by atoms with Crippen molar-refractivity contribution in [2.24, 2.45) is 0 Å². The van der Waals surface area contributed by atoms with E-state index in [0.29, 0.717) is 6.42 Å². The fourth-order valence-corrected chi connectivity index (χ4v) is 1.91. The van der Waals surface area contributed by atoms with Gasteiger partial charge in [0, 0.05) is 5.92 Å². The summed E-state index contributed by atoms with van der Waals surface area (Å²) in [5.74, 6) is -1.25. The number of Topliss-reactive ketones (excluding diaryl/α,β-unsaturated/α-hetero) is 1. The predicted octanol–water partition coefficient (Wildman–Crippen LogP) is 1.60. The van der Waals surface area contributed by atoms with Crippen LogP contribution >= 0.6 is 0 Å². The van der Waals surface area contributed by atoms with E-state index < -0.39 is 5.97 Å². The van der Waals surface area contributed by atoms with E-state index in [1.54, 1.807) is 6.07 Å². The van der Waals surface area contributed by atoms with Gasteiger partial charge in [-0.1, -0.05) is 6.07 Å². The van der Waals surface area contributed by atoms with Crippen LogP contribution in [0.2, 0.25) is 0 Å². The van der Waals surface area contributed by atoms with Crippen molar-refractivity contribution in [2.45, 2.75) is 18.8 Å². The Morgan fingerprint density at radius 2 is 2.25 bits per heavy atom. The highest BCUT2D eigenvalue weighted by Crippen LogP contribution is 2.36. The van der Waals surface area contributed by atoms with Gasteiger partial charge in [0.25, 0.3) is 0 Å². The van der Waals surface area contributed by atoms with Gasteiger partial charge >= 0.3 is 5.97 Å². The van der Waals surface area contributed by atoms with Crippen molar-refractivity contribution < 1.29 is 18.7 Å². The van der Waals surface area contributed by atoms with Gasteiger partial charge in [0.15, 0.2) is 5.78 Å². The van der Waals surface area contributed by atoms with Gasteiger partial charge < -0.3 is 4.74 Å². The minimum absolute atomic E-state index is 0.161. The summed E-state index contributed by atoms with van der Waals surface area (Å²) in [7, 11) is 1.25. The average molecular weight is 222 g/mol. The first kappa shape index (κ1) is 10.8. The molecule has 0 spiro atoms. The number of halogens is 1. The van der Waals surface area contributed by atoms with Crippen LogP contribution in [0.25, 0.3) is 0 Å². The van der Waals surface area contributed by atoms with Crippen LogP contribution < -0.4 is 0 Å². The summed E-state index contributed by atoms with van der Waals surface area (Å²) < 4.78 is 17.2. The molecule has 0 radical (unpaired) electrons. The first-order valence-corrected chi connectivity index (χ1v) is 4.99. The van der Waals surface area contributed by atoms with Crippen LogP contribution in [0.4, 0.5) is 4.39 Å². The van der Waals surface area contributed by atoms with Gasteiger partial charge in [0.2, 0.25) is 0 Å². The van der Waals surface area contributed by atoms with E-state index in [-0.39, 0.29) is 23.9 Å². The second-order valence-electron chi connectivity index (χ2n) is 3.82. The monoisotopic (exact) mass is 222 g/mol. The van der Waals surface area contributed by atoms with E-state index in [1.807, 2.05) is 0 Å². The van der Waals surface area contributed by atoms with E-state index in [4.69, 9.17) is 0 Å². The Hall–Kier alpha value is -1.71. The lowest BCUT2D eigenvalue weighted by Gasteiger charge is -2.28. The van der Waals surface area contributed by atoms with Crippen LogP contribution in [0, 0.1) is 5.82 Å². The molecule has 3 nitrogen and oxygen atoms in total. The normalized spacial score (nSPS) is 17.2. The topological polar surface area (TPSA) is 43.4 Å². The van der Waals surface area contributed by atoms with Crippen molar-refractivity contribution in [1.82, 2.24) is 0 Å². The molecule has 1 aliphatic carbocycles. The minimum Gasteiger partial charge on any atom is -0.469 e. The van der Waals surface area contributed by atoms with Gasteiger partial charge in [-0.3, -0.25) is 9.59 Å². The molecule has 16 heavy (non-hydrogen) atoms. The maximum absolute atomic E-state index is 12.8. The number of rotatable bonds is 3. The number of esters is 1. The summed E-state index contributed by atoms with van der Waals surface area (Å²) in [4.78, 5) is 22.6. The highest BCUT2D eigenvalue weighted by Gasteiger charge is 2.33. The van der Waals surface area contributed by atoms with Crippen molar-refractivity contribution >= 4 is 11.8 Å². The molecular formula is C12H11FO3. The number of ketones is 1. The number of benzene rings is 1. The van der Waals surface area contributed by atoms with Crippen molar-refractivity contribution in [3.05, 3.63) is 35.1 Å². The first-order valence-electron chi connectivity index (χ1n) is 4.99. The smallest absolute Gasteiger partial charge is 0.313 e. The Balaban J connectivity index is 2.07. The molecule has 0 bridgehead atoms. The van der Waals surface area contributed by atoms with Crippen molar-refractivity contribution in [3.63, 3.8) is 0 Å². The van der Waals surface area contributed by atoms with E-state index >= 15 is 0 Å². The van der Waals surface area contributed by atoms with E-state index in [0.717, 1.165) is 11.1 Å². The molecule has 1 aromatic carbocycles. The molecule has 1 aliphatic rings. The second kappa shape index (κ2) is 4.04. The maximum atomic E-state index is 12.8.